The van der Waals surface area contributed by atoms with Gasteiger partial charge in [-0.2, -0.15) is 0 Å². The van der Waals surface area contributed by atoms with Crippen LogP contribution in [0, 0.1) is 18.6 Å². The zero-order valence-electron chi connectivity index (χ0n) is 10.4. The lowest BCUT2D eigenvalue weighted by atomic mass is 10.1. The molecule has 0 radical (unpaired) electrons. The van der Waals surface area contributed by atoms with E-state index in [4.69, 9.17) is 0 Å². The van der Waals surface area contributed by atoms with Gasteiger partial charge in [-0.25, -0.2) is 8.78 Å². The van der Waals surface area contributed by atoms with Gasteiger partial charge in [-0.1, -0.05) is 12.1 Å². The molecule has 0 saturated heterocycles. The lowest BCUT2D eigenvalue weighted by molar-refractivity contribution is 0.618. The normalized spacial score (nSPS) is 12.2. The first kappa shape index (κ1) is 12.6. The van der Waals surface area contributed by atoms with Gasteiger partial charge in [-0.05, 0) is 55.3 Å². The lowest BCUT2D eigenvalue weighted by Crippen LogP contribution is -2.06. The van der Waals surface area contributed by atoms with Gasteiger partial charge in [0.05, 0.1) is 0 Å². The van der Waals surface area contributed by atoms with Crippen LogP contribution in [-0.4, -0.2) is 0 Å². The molecule has 0 fully saturated rings. The largest absolute Gasteiger partial charge is 0.379 e. The highest BCUT2D eigenvalue weighted by molar-refractivity contribution is 5.47. The summed E-state index contributed by atoms with van der Waals surface area (Å²) >= 11 is 0. The van der Waals surface area contributed by atoms with Crippen LogP contribution in [0.15, 0.2) is 42.5 Å². The fourth-order valence-electron chi connectivity index (χ4n) is 1.82. The molecule has 1 atom stereocenters. The third-order valence-corrected chi connectivity index (χ3v) is 2.91. The summed E-state index contributed by atoms with van der Waals surface area (Å²) in [5, 5.41) is 3.26. The number of benzene rings is 2. The van der Waals surface area contributed by atoms with Crippen molar-refractivity contribution < 1.29 is 8.78 Å². The van der Waals surface area contributed by atoms with E-state index in [-0.39, 0.29) is 17.7 Å². The third kappa shape index (κ3) is 2.86. The first-order valence-electron chi connectivity index (χ1n) is 5.84. The van der Waals surface area contributed by atoms with E-state index in [1.165, 1.54) is 18.2 Å². The molecule has 94 valence electrons. The average molecular weight is 247 g/mol. The van der Waals surface area contributed by atoms with Crippen molar-refractivity contribution >= 4 is 5.69 Å². The first-order valence-corrected chi connectivity index (χ1v) is 5.84. The Balaban J connectivity index is 2.13. The number of hydrogen-bond donors (Lipinski definition) is 1. The van der Waals surface area contributed by atoms with Crippen LogP contribution in [0.2, 0.25) is 0 Å². The number of nitrogens with one attached hydrogen (secondary N) is 1. The van der Waals surface area contributed by atoms with Crippen molar-refractivity contribution in [2.75, 3.05) is 5.32 Å². The van der Waals surface area contributed by atoms with Gasteiger partial charge in [0.1, 0.15) is 11.6 Å². The van der Waals surface area contributed by atoms with Gasteiger partial charge in [0, 0.05) is 11.7 Å². The Morgan fingerprint density at radius 1 is 1.00 bits per heavy atom. The van der Waals surface area contributed by atoms with Crippen LogP contribution in [0.5, 0.6) is 0 Å². The molecule has 0 amide bonds. The third-order valence-electron chi connectivity index (χ3n) is 2.91. The Labute approximate surface area is 105 Å². The molecule has 0 aliphatic carbocycles. The van der Waals surface area contributed by atoms with Crippen LogP contribution in [-0.2, 0) is 0 Å². The second-order valence-electron chi connectivity index (χ2n) is 4.38. The number of aryl methyl sites for hydroxylation is 1. The quantitative estimate of drug-likeness (QED) is 0.845. The number of rotatable bonds is 3. The van der Waals surface area contributed by atoms with E-state index in [9.17, 15) is 8.78 Å². The van der Waals surface area contributed by atoms with Gasteiger partial charge in [-0.15, -0.1) is 0 Å². The van der Waals surface area contributed by atoms with Crippen LogP contribution in [0.4, 0.5) is 14.5 Å². The zero-order valence-corrected chi connectivity index (χ0v) is 10.4. The van der Waals surface area contributed by atoms with Gasteiger partial charge >= 0.3 is 0 Å². The van der Waals surface area contributed by atoms with Crippen LogP contribution >= 0.6 is 0 Å². The van der Waals surface area contributed by atoms with E-state index >= 15 is 0 Å². The van der Waals surface area contributed by atoms with Crippen LogP contribution in [0.25, 0.3) is 0 Å². The molecule has 2 aromatic rings. The molecule has 2 aromatic carbocycles. The lowest BCUT2D eigenvalue weighted by Gasteiger charge is -2.16. The van der Waals surface area contributed by atoms with E-state index in [1.807, 2.05) is 6.92 Å². The summed E-state index contributed by atoms with van der Waals surface area (Å²) in [6.45, 7) is 3.70. The summed E-state index contributed by atoms with van der Waals surface area (Å²) in [5.41, 5.74) is 2.44. The van der Waals surface area contributed by atoms with Crippen molar-refractivity contribution in [3.63, 3.8) is 0 Å². The molecule has 0 aliphatic rings. The summed E-state index contributed by atoms with van der Waals surface area (Å²) < 4.78 is 25.9. The predicted octanol–water partition coefficient (Wildman–Crippen LogP) is 4.45. The SMILES string of the molecule is Cc1cc(NC(C)c2ccc(F)cc2)ccc1F. The van der Waals surface area contributed by atoms with Crippen molar-refractivity contribution in [2.45, 2.75) is 19.9 Å². The van der Waals surface area contributed by atoms with Crippen molar-refractivity contribution in [1.29, 1.82) is 0 Å². The highest BCUT2D eigenvalue weighted by atomic mass is 19.1. The Kier molecular flexibility index (Phi) is 3.60. The average Bonchev–Trinajstić information content (AvgIpc) is 2.34. The second kappa shape index (κ2) is 5.17. The maximum Gasteiger partial charge on any atom is 0.126 e. The summed E-state index contributed by atoms with van der Waals surface area (Å²) in [6.07, 6.45) is 0. The minimum Gasteiger partial charge on any atom is -0.379 e. The van der Waals surface area contributed by atoms with Gasteiger partial charge < -0.3 is 5.32 Å². The summed E-state index contributed by atoms with van der Waals surface area (Å²) in [7, 11) is 0. The van der Waals surface area contributed by atoms with Gasteiger partial charge in [0.15, 0.2) is 0 Å². The molecular weight excluding hydrogens is 232 g/mol. The predicted molar refractivity (Wildman–Crippen MR) is 69.6 cm³/mol. The Hall–Kier alpha value is -1.90. The molecule has 0 saturated carbocycles. The molecule has 3 heteroatoms. The fraction of sp³-hybridized carbons (Fsp3) is 0.200. The monoisotopic (exact) mass is 247 g/mol. The molecule has 0 aromatic heterocycles. The molecular formula is C15H15F2N. The summed E-state index contributed by atoms with van der Waals surface area (Å²) in [5.74, 6) is -0.460. The summed E-state index contributed by atoms with van der Waals surface area (Å²) in [6, 6.07) is 11.3. The van der Waals surface area contributed by atoms with E-state index < -0.39 is 0 Å². The smallest absolute Gasteiger partial charge is 0.126 e. The topological polar surface area (TPSA) is 12.0 Å². The van der Waals surface area contributed by atoms with Crippen molar-refractivity contribution in [3.05, 3.63) is 65.2 Å². The van der Waals surface area contributed by atoms with Crippen molar-refractivity contribution in [2.24, 2.45) is 0 Å². The molecule has 0 aliphatic heterocycles. The van der Waals surface area contributed by atoms with Crippen LogP contribution in [0.1, 0.15) is 24.1 Å². The van der Waals surface area contributed by atoms with E-state index in [0.717, 1.165) is 11.3 Å². The minimum absolute atomic E-state index is 0.0375. The maximum absolute atomic E-state index is 13.1. The summed E-state index contributed by atoms with van der Waals surface area (Å²) in [4.78, 5) is 0. The number of halogens is 2. The molecule has 1 nitrogen and oxygen atoms in total. The standard InChI is InChI=1S/C15H15F2N/c1-10-9-14(7-8-15(10)17)18-11(2)12-3-5-13(16)6-4-12/h3-9,11,18H,1-2H3. The zero-order chi connectivity index (χ0) is 13.1. The van der Waals surface area contributed by atoms with Gasteiger partial charge in [-0.3, -0.25) is 0 Å². The molecule has 0 bridgehead atoms. The van der Waals surface area contributed by atoms with E-state index in [2.05, 4.69) is 5.32 Å². The van der Waals surface area contributed by atoms with Crippen LogP contribution in [0.3, 0.4) is 0 Å². The Morgan fingerprint density at radius 3 is 2.28 bits per heavy atom. The van der Waals surface area contributed by atoms with Gasteiger partial charge in [0.2, 0.25) is 0 Å². The minimum atomic E-state index is -0.247. The molecule has 0 heterocycles. The fourth-order valence-corrected chi connectivity index (χ4v) is 1.82. The van der Waals surface area contributed by atoms with Gasteiger partial charge in [0.25, 0.3) is 0 Å². The maximum atomic E-state index is 13.1. The second-order valence-corrected chi connectivity index (χ2v) is 4.38. The highest BCUT2D eigenvalue weighted by Crippen LogP contribution is 2.21. The Morgan fingerprint density at radius 2 is 1.67 bits per heavy atom. The van der Waals surface area contributed by atoms with Crippen LogP contribution < -0.4 is 5.32 Å². The molecule has 1 N–H and O–H groups in total. The molecule has 2 rings (SSSR count). The number of hydrogen-bond acceptors (Lipinski definition) is 1. The molecule has 1 unspecified atom stereocenters. The van der Waals surface area contributed by atoms with Crippen molar-refractivity contribution in [3.8, 4) is 0 Å². The van der Waals surface area contributed by atoms with E-state index in [1.54, 1.807) is 31.2 Å². The van der Waals surface area contributed by atoms with Crippen molar-refractivity contribution in [1.82, 2.24) is 0 Å². The van der Waals surface area contributed by atoms with E-state index in [0.29, 0.717) is 5.56 Å². The Bertz CT molecular complexity index is 535. The highest BCUT2D eigenvalue weighted by Gasteiger charge is 2.06. The number of anilines is 1. The molecule has 18 heavy (non-hydrogen) atoms. The first-order chi connectivity index (χ1) is 8.56. The molecule has 0 spiro atoms.